The van der Waals surface area contributed by atoms with E-state index in [9.17, 15) is 8.42 Å². The predicted molar refractivity (Wildman–Crippen MR) is 68.5 cm³/mol. The van der Waals surface area contributed by atoms with Crippen molar-refractivity contribution in [3.05, 3.63) is 28.8 Å². The molecule has 0 atom stereocenters. The van der Waals surface area contributed by atoms with Gasteiger partial charge in [0.1, 0.15) is 0 Å². The van der Waals surface area contributed by atoms with Gasteiger partial charge in [0.25, 0.3) is 0 Å². The van der Waals surface area contributed by atoms with Crippen LogP contribution in [0, 0.1) is 13.8 Å². The number of benzene rings is 1. The van der Waals surface area contributed by atoms with Crippen molar-refractivity contribution in [2.24, 2.45) is 0 Å². The van der Waals surface area contributed by atoms with Crippen molar-refractivity contribution in [2.45, 2.75) is 33.6 Å². The topological polar surface area (TPSA) is 46.2 Å². The Bertz CT molecular complexity index is 490. The third kappa shape index (κ3) is 3.23. The summed E-state index contributed by atoms with van der Waals surface area (Å²) in [6.07, 6.45) is 1.17. The SMILES string of the molecule is Cc1cc(C(C)C)cc(NS(C)(=O)=O)c1C. The molecular formula is C12H19NO2S. The molecule has 1 aromatic rings. The molecule has 0 aliphatic rings. The van der Waals surface area contributed by atoms with E-state index in [4.69, 9.17) is 0 Å². The smallest absolute Gasteiger partial charge is 0.229 e. The fourth-order valence-corrected chi connectivity index (χ4v) is 2.14. The molecule has 0 saturated carbocycles. The fourth-order valence-electron chi connectivity index (χ4n) is 1.53. The second kappa shape index (κ2) is 4.45. The predicted octanol–water partition coefficient (Wildman–Crippen LogP) is 2.80. The van der Waals surface area contributed by atoms with Crippen LogP contribution in [0.25, 0.3) is 0 Å². The summed E-state index contributed by atoms with van der Waals surface area (Å²) in [6, 6.07) is 4.02. The highest BCUT2D eigenvalue weighted by molar-refractivity contribution is 7.92. The molecule has 0 heterocycles. The maximum Gasteiger partial charge on any atom is 0.229 e. The highest BCUT2D eigenvalue weighted by Crippen LogP contribution is 2.26. The second-order valence-electron chi connectivity index (χ2n) is 4.54. The number of rotatable bonds is 3. The molecule has 4 heteroatoms. The Balaban J connectivity index is 3.27. The standard InChI is InChI=1S/C12H19NO2S/c1-8(2)11-6-9(3)10(4)12(7-11)13-16(5,14)15/h6-8,13H,1-5H3. The van der Waals surface area contributed by atoms with E-state index in [1.807, 2.05) is 19.9 Å². The summed E-state index contributed by atoms with van der Waals surface area (Å²) < 4.78 is 25.0. The van der Waals surface area contributed by atoms with Gasteiger partial charge in [0.2, 0.25) is 10.0 Å². The van der Waals surface area contributed by atoms with Gasteiger partial charge in [-0.15, -0.1) is 0 Å². The molecule has 0 unspecified atom stereocenters. The van der Waals surface area contributed by atoms with Gasteiger partial charge in [-0.3, -0.25) is 4.72 Å². The highest BCUT2D eigenvalue weighted by atomic mass is 32.2. The Morgan fingerprint density at radius 2 is 1.75 bits per heavy atom. The summed E-state index contributed by atoms with van der Waals surface area (Å²) in [4.78, 5) is 0. The first-order chi connectivity index (χ1) is 7.20. The monoisotopic (exact) mass is 241 g/mol. The lowest BCUT2D eigenvalue weighted by atomic mass is 9.97. The first-order valence-corrected chi connectivity index (χ1v) is 7.19. The van der Waals surface area contributed by atoms with E-state index in [-0.39, 0.29) is 0 Å². The Hall–Kier alpha value is -1.03. The van der Waals surface area contributed by atoms with E-state index >= 15 is 0 Å². The molecule has 3 nitrogen and oxygen atoms in total. The molecule has 90 valence electrons. The lowest BCUT2D eigenvalue weighted by Crippen LogP contribution is -2.11. The largest absolute Gasteiger partial charge is 0.283 e. The molecule has 1 aromatic carbocycles. The van der Waals surface area contributed by atoms with Crippen LogP contribution in [0.5, 0.6) is 0 Å². The zero-order valence-corrected chi connectivity index (χ0v) is 11.3. The van der Waals surface area contributed by atoms with E-state index in [0.29, 0.717) is 11.6 Å². The van der Waals surface area contributed by atoms with Crippen LogP contribution in [0.4, 0.5) is 5.69 Å². The van der Waals surface area contributed by atoms with E-state index in [1.165, 1.54) is 6.26 Å². The minimum absolute atomic E-state index is 0.388. The Morgan fingerprint density at radius 3 is 2.19 bits per heavy atom. The third-order valence-electron chi connectivity index (χ3n) is 2.65. The van der Waals surface area contributed by atoms with Crippen molar-refractivity contribution >= 4 is 15.7 Å². The second-order valence-corrected chi connectivity index (χ2v) is 6.29. The first-order valence-electron chi connectivity index (χ1n) is 5.29. The molecule has 0 radical (unpaired) electrons. The molecule has 0 amide bonds. The minimum atomic E-state index is -3.21. The van der Waals surface area contributed by atoms with Crippen molar-refractivity contribution < 1.29 is 8.42 Å². The first kappa shape index (κ1) is 13.0. The molecule has 1 rings (SSSR count). The Morgan fingerprint density at radius 1 is 1.19 bits per heavy atom. The van der Waals surface area contributed by atoms with Crippen molar-refractivity contribution in [1.82, 2.24) is 0 Å². The number of sulfonamides is 1. The molecule has 0 aliphatic carbocycles. The van der Waals surface area contributed by atoms with Crippen molar-refractivity contribution in [3.63, 3.8) is 0 Å². The third-order valence-corrected chi connectivity index (χ3v) is 3.24. The Labute approximate surface area is 97.9 Å². The average Bonchev–Trinajstić information content (AvgIpc) is 2.10. The van der Waals surface area contributed by atoms with Crippen LogP contribution >= 0.6 is 0 Å². The maximum atomic E-state index is 11.2. The van der Waals surface area contributed by atoms with Gasteiger partial charge in [-0.2, -0.15) is 0 Å². The number of hydrogen-bond donors (Lipinski definition) is 1. The summed E-state index contributed by atoms with van der Waals surface area (Å²) in [6.45, 7) is 8.10. The number of nitrogens with one attached hydrogen (secondary N) is 1. The van der Waals surface area contributed by atoms with Crippen LogP contribution in [-0.4, -0.2) is 14.7 Å². The van der Waals surface area contributed by atoms with Gasteiger partial charge in [-0.05, 0) is 42.5 Å². The molecule has 0 aromatic heterocycles. The Kier molecular flexibility index (Phi) is 3.63. The fraction of sp³-hybridized carbons (Fsp3) is 0.500. The van der Waals surface area contributed by atoms with Gasteiger partial charge < -0.3 is 0 Å². The number of anilines is 1. The molecule has 0 bridgehead atoms. The van der Waals surface area contributed by atoms with Crippen LogP contribution in [0.15, 0.2) is 12.1 Å². The molecule has 0 spiro atoms. The van der Waals surface area contributed by atoms with Gasteiger partial charge in [0.15, 0.2) is 0 Å². The molecule has 0 aliphatic heterocycles. The summed E-state index contributed by atoms with van der Waals surface area (Å²) >= 11 is 0. The van der Waals surface area contributed by atoms with Crippen molar-refractivity contribution in [2.75, 3.05) is 11.0 Å². The normalized spacial score (nSPS) is 11.9. The van der Waals surface area contributed by atoms with Crippen LogP contribution in [0.1, 0.15) is 36.5 Å². The van der Waals surface area contributed by atoms with Crippen LogP contribution in [-0.2, 0) is 10.0 Å². The summed E-state index contributed by atoms with van der Waals surface area (Å²) in [5, 5.41) is 0. The molecule has 0 saturated heterocycles. The molecule has 0 fully saturated rings. The van der Waals surface area contributed by atoms with E-state index < -0.39 is 10.0 Å². The zero-order chi connectivity index (χ0) is 12.5. The number of hydrogen-bond acceptors (Lipinski definition) is 2. The van der Waals surface area contributed by atoms with Crippen LogP contribution in [0.3, 0.4) is 0 Å². The number of aryl methyl sites for hydroxylation is 1. The lowest BCUT2D eigenvalue weighted by molar-refractivity contribution is 0.606. The van der Waals surface area contributed by atoms with Gasteiger partial charge in [0, 0.05) is 0 Å². The van der Waals surface area contributed by atoms with E-state index in [0.717, 1.165) is 16.7 Å². The molecular weight excluding hydrogens is 222 g/mol. The zero-order valence-electron chi connectivity index (χ0n) is 10.5. The van der Waals surface area contributed by atoms with Crippen LogP contribution in [0.2, 0.25) is 0 Å². The highest BCUT2D eigenvalue weighted by Gasteiger charge is 2.10. The van der Waals surface area contributed by atoms with E-state index in [1.54, 1.807) is 0 Å². The van der Waals surface area contributed by atoms with Gasteiger partial charge in [0.05, 0.1) is 11.9 Å². The van der Waals surface area contributed by atoms with Crippen molar-refractivity contribution in [3.8, 4) is 0 Å². The summed E-state index contributed by atoms with van der Waals surface area (Å²) in [5.41, 5.74) is 3.92. The maximum absolute atomic E-state index is 11.2. The van der Waals surface area contributed by atoms with Gasteiger partial charge in [-0.1, -0.05) is 19.9 Å². The van der Waals surface area contributed by atoms with Gasteiger partial charge >= 0.3 is 0 Å². The van der Waals surface area contributed by atoms with Crippen LogP contribution < -0.4 is 4.72 Å². The summed E-state index contributed by atoms with van der Waals surface area (Å²) in [7, 11) is -3.21. The molecule has 16 heavy (non-hydrogen) atoms. The molecule has 1 N–H and O–H groups in total. The minimum Gasteiger partial charge on any atom is -0.283 e. The van der Waals surface area contributed by atoms with Crippen molar-refractivity contribution in [1.29, 1.82) is 0 Å². The lowest BCUT2D eigenvalue weighted by Gasteiger charge is -2.14. The average molecular weight is 241 g/mol. The quantitative estimate of drug-likeness (QED) is 0.884. The van der Waals surface area contributed by atoms with E-state index in [2.05, 4.69) is 24.6 Å². The van der Waals surface area contributed by atoms with Gasteiger partial charge in [-0.25, -0.2) is 8.42 Å². The summed E-state index contributed by atoms with van der Waals surface area (Å²) in [5.74, 6) is 0.388.